The Bertz CT molecular complexity index is 596. The van der Waals surface area contributed by atoms with Crippen LogP contribution in [0.25, 0.3) is 0 Å². The number of carbonyl (C=O) groups is 1. The van der Waals surface area contributed by atoms with Crippen LogP contribution in [0.5, 0.6) is 0 Å². The predicted octanol–water partition coefficient (Wildman–Crippen LogP) is 3.98. The van der Waals surface area contributed by atoms with Crippen molar-refractivity contribution in [3.05, 3.63) is 35.4 Å². The van der Waals surface area contributed by atoms with Crippen molar-refractivity contribution in [1.29, 1.82) is 0 Å². The average molecular weight is 344 g/mol. The standard InChI is InChI=1S/C17H23F3N2O2/c1-11-10-22(15(23)24-16(2,3)4)14(9-21-11)12-6-5-7-13(8-12)17(18,19)20/h5-8,11,14,21H,9-10H2,1-4H3/t11-,14+/m1/s1. The van der Waals surface area contributed by atoms with Crippen molar-refractivity contribution >= 4 is 6.09 Å². The summed E-state index contributed by atoms with van der Waals surface area (Å²) in [6.45, 7) is 7.94. The van der Waals surface area contributed by atoms with E-state index in [1.807, 2.05) is 6.92 Å². The number of rotatable bonds is 1. The summed E-state index contributed by atoms with van der Waals surface area (Å²) in [6.07, 6.45) is -4.93. The third-order valence-corrected chi connectivity index (χ3v) is 3.73. The fraction of sp³-hybridized carbons (Fsp3) is 0.588. The second kappa shape index (κ2) is 6.63. The molecule has 0 aliphatic carbocycles. The number of carbonyl (C=O) groups excluding carboxylic acids is 1. The van der Waals surface area contributed by atoms with Gasteiger partial charge < -0.3 is 10.1 Å². The van der Waals surface area contributed by atoms with E-state index in [4.69, 9.17) is 4.74 Å². The van der Waals surface area contributed by atoms with Gasteiger partial charge in [0.05, 0.1) is 11.6 Å². The molecule has 1 N–H and O–H groups in total. The molecule has 1 heterocycles. The molecule has 1 saturated heterocycles. The van der Waals surface area contributed by atoms with Gasteiger partial charge in [-0.1, -0.05) is 12.1 Å². The molecule has 0 aromatic heterocycles. The first-order valence-corrected chi connectivity index (χ1v) is 7.87. The van der Waals surface area contributed by atoms with Gasteiger partial charge in [-0.25, -0.2) is 4.79 Å². The molecule has 0 saturated carbocycles. The van der Waals surface area contributed by atoms with E-state index in [0.29, 0.717) is 18.7 Å². The van der Waals surface area contributed by atoms with E-state index in [1.165, 1.54) is 11.0 Å². The molecule has 4 nitrogen and oxygen atoms in total. The molecule has 0 unspecified atom stereocenters. The minimum Gasteiger partial charge on any atom is -0.444 e. The molecule has 1 aliphatic rings. The van der Waals surface area contributed by atoms with E-state index in [-0.39, 0.29) is 6.04 Å². The predicted molar refractivity (Wildman–Crippen MR) is 84.6 cm³/mol. The van der Waals surface area contributed by atoms with Crippen molar-refractivity contribution < 1.29 is 22.7 Å². The molecule has 2 atom stereocenters. The van der Waals surface area contributed by atoms with Gasteiger partial charge in [-0.3, -0.25) is 4.90 Å². The third kappa shape index (κ3) is 4.63. The van der Waals surface area contributed by atoms with Gasteiger partial charge >= 0.3 is 12.3 Å². The normalized spacial score (nSPS) is 22.4. The molecule has 0 spiro atoms. The number of benzene rings is 1. The molecule has 1 fully saturated rings. The van der Waals surface area contributed by atoms with Crippen LogP contribution in [0.2, 0.25) is 0 Å². The molecule has 7 heteroatoms. The van der Waals surface area contributed by atoms with Crippen LogP contribution in [0.1, 0.15) is 44.9 Å². The Morgan fingerprint density at radius 1 is 1.29 bits per heavy atom. The number of halogens is 3. The average Bonchev–Trinajstić information content (AvgIpc) is 2.44. The van der Waals surface area contributed by atoms with Gasteiger partial charge in [-0.05, 0) is 45.4 Å². The zero-order valence-corrected chi connectivity index (χ0v) is 14.3. The Labute approximate surface area is 140 Å². The van der Waals surface area contributed by atoms with Crippen LogP contribution in [-0.2, 0) is 10.9 Å². The number of amides is 1. The summed E-state index contributed by atoms with van der Waals surface area (Å²) < 4.78 is 44.3. The summed E-state index contributed by atoms with van der Waals surface area (Å²) >= 11 is 0. The quantitative estimate of drug-likeness (QED) is 0.838. The van der Waals surface area contributed by atoms with Gasteiger partial charge in [0.25, 0.3) is 0 Å². The molecule has 0 bridgehead atoms. The van der Waals surface area contributed by atoms with Crippen molar-refractivity contribution in [3.63, 3.8) is 0 Å². The molecular weight excluding hydrogens is 321 g/mol. The highest BCUT2D eigenvalue weighted by Crippen LogP contribution is 2.33. The maximum Gasteiger partial charge on any atom is 0.416 e. The SMILES string of the molecule is C[C@@H]1CN(C(=O)OC(C)(C)C)[C@H](c2cccc(C(F)(F)F)c2)CN1. The fourth-order valence-electron chi connectivity index (χ4n) is 2.65. The van der Waals surface area contributed by atoms with Gasteiger partial charge in [0.15, 0.2) is 0 Å². The first kappa shape index (κ1) is 18.6. The molecule has 2 rings (SSSR count). The van der Waals surface area contributed by atoms with Crippen LogP contribution in [0, 0.1) is 0 Å². The highest BCUT2D eigenvalue weighted by atomic mass is 19.4. The number of nitrogens with zero attached hydrogens (tertiary/aromatic N) is 1. The molecule has 1 amide bonds. The summed E-state index contributed by atoms with van der Waals surface area (Å²) in [7, 11) is 0. The topological polar surface area (TPSA) is 41.6 Å². The molecule has 24 heavy (non-hydrogen) atoms. The number of nitrogens with one attached hydrogen (secondary N) is 1. The first-order valence-electron chi connectivity index (χ1n) is 7.87. The summed E-state index contributed by atoms with van der Waals surface area (Å²) in [5.74, 6) is 0. The molecular formula is C17H23F3N2O2. The van der Waals surface area contributed by atoms with Crippen molar-refractivity contribution in [2.24, 2.45) is 0 Å². The molecule has 0 radical (unpaired) electrons. The number of hydrogen-bond acceptors (Lipinski definition) is 3. The van der Waals surface area contributed by atoms with E-state index in [0.717, 1.165) is 12.1 Å². The van der Waals surface area contributed by atoms with Gasteiger partial charge in [-0.15, -0.1) is 0 Å². The second-order valence-electron chi connectivity index (χ2n) is 7.08. The fourth-order valence-corrected chi connectivity index (χ4v) is 2.65. The lowest BCUT2D eigenvalue weighted by Gasteiger charge is -2.40. The Morgan fingerprint density at radius 2 is 1.96 bits per heavy atom. The largest absolute Gasteiger partial charge is 0.444 e. The molecule has 134 valence electrons. The summed E-state index contributed by atoms with van der Waals surface area (Å²) in [5.41, 5.74) is -0.943. The summed E-state index contributed by atoms with van der Waals surface area (Å²) in [5, 5.41) is 3.21. The number of piperazine rings is 1. The van der Waals surface area contributed by atoms with Crippen molar-refractivity contribution in [2.45, 2.75) is 51.6 Å². The van der Waals surface area contributed by atoms with Crippen LogP contribution < -0.4 is 5.32 Å². The molecule has 1 aromatic rings. The van der Waals surface area contributed by atoms with Crippen LogP contribution in [0.3, 0.4) is 0 Å². The van der Waals surface area contributed by atoms with E-state index < -0.39 is 29.5 Å². The van der Waals surface area contributed by atoms with E-state index in [9.17, 15) is 18.0 Å². The highest BCUT2D eigenvalue weighted by Gasteiger charge is 2.36. The van der Waals surface area contributed by atoms with E-state index in [2.05, 4.69) is 5.32 Å². The number of hydrogen-bond donors (Lipinski definition) is 1. The Hall–Kier alpha value is -1.76. The lowest BCUT2D eigenvalue weighted by molar-refractivity contribution is -0.137. The van der Waals surface area contributed by atoms with Gasteiger partial charge in [0.1, 0.15) is 5.60 Å². The van der Waals surface area contributed by atoms with E-state index >= 15 is 0 Å². The maximum absolute atomic E-state index is 13.0. The van der Waals surface area contributed by atoms with Crippen LogP contribution in [0.15, 0.2) is 24.3 Å². The molecule has 1 aliphatic heterocycles. The Kier molecular flexibility index (Phi) is 5.13. The second-order valence-corrected chi connectivity index (χ2v) is 7.08. The zero-order valence-electron chi connectivity index (χ0n) is 14.3. The third-order valence-electron chi connectivity index (χ3n) is 3.73. The van der Waals surface area contributed by atoms with Crippen LogP contribution in [-0.4, -0.2) is 35.7 Å². The van der Waals surface area contributed by atoms with Crippen molar-refractivity contribution in [1.82, 2.24) is 10.2 Å². The number of ether oxygens (including phenoxy) is 1. The smallest absolute Gasteiger partial charge is 0.416 e. The summed E-state index contributed by atoms with van der Waals surface area (Å²) in [6, 6.07) is 4.64. The van der Waals surface area contributed by atoms with Gasteiger partial charge in [0.2, 0.25) is 0 Å². The maximum atomic E-state index is 13.0. The van der Waals surface area contributed by atoms with Crippen molar-refractivity contribution in [2.75, 3.05) is 13.1 Å². The monoisotopic (exact) mass is 344 g/mol. The lowest BCUT2D eigenvalue weighted by Crippen LogP contribution is -2.54. The van der Waals surface area contributed by atoms with Gasteiger partial charge in [-0.2, -0.15) is 13.2 Å². The number of alkyl halides is 3. The summed E-state index contributed by atoms with van der Waals surface area (Å²) in [4.78, 5) is 14.0. The lowest BCUT2D eigenvalue weighted by atomic mass is 9.99. The first-order chi connectivity index (χ1) is 11.0. The Morgan fingerprint density at radius 3 is 2.54 bits per heavy atom. The minimum atomic E-state index is -4.41. The highest BCUT2D eigenvalue weighted by molar-refractivity contribution is 5.69. The Balaban J connectivity index is 2.30. The molecule has 1 aromatic carbocycles. The van der Waals surface area contributed by atoms with E-state index in [1.54, 1.807) is 26.8 Å². The van der Waals surface area contributed by atoms with Gasteiger partial charge in [0, 0.05) is 19.1 Å². The van der Waals surface area contributed by atoms with Crippen LogP contribution in [0.4, 0.5) is 18.0 Å². The zero-order chi connectivity index (χ0) is 18.1. The van der Waals surface area contributed by atoms with Crippen molar-refractivity contribution in [3.8, 4) is 0 Å². The minimum absolute atomic E-state index is 0.0413. The van der Waals surface area contributed by atoms with Crippen LogP contribution >= 0.6 is 0 Å².